The number of rotatable bonds is 8. The molecule has 0 bridgehead atoms. The SMILES string of the molecule is COc1cc(F)c(-c2c(NC(=O)c3ccc(OC(F)F)cc3)c(=O)n(-c3nccc(C4CCCCC4)c3C#N)n2C)c(F)c1. The minimum absolute atomic E-state index is 0.0572. The molecular formula is C31H27F4N5O4. The molecule has 0 unspecified atom stereocenters. The lowest BCUT2D eigenvalue weighted by molar-refractivity contribution is -0.0498. The van der Waals surface area contributed by atoms with Crippen molar-refractivity contribution >= 4 is 11.6 Å². The molecule has 1 saturated carbocycles. The molecule has 44 heavy (non-hydrogen) atoms. The van der Waals surface area contributed by atoms with Gasteiger partial charge in [0, 0.05) is 30.9 Å². The second-order valence-corrected chi connectivity index (χ2v) is 10.2. The fourth-order valence-electron chi connectivity index (χ4n) is 5.60. The molecule has 9 nitrogen and oxygen atoms in total. The summed E-state index contributed by atoms with van der Waals surface area (Å²) in [6.07, 6.45) is 6.24. The molecular weight excluding hydrogens is 582 g/mol. The molecule has 0 saturated heterocycles. The lowest BCUT2D eigenvalue weighted by Gasteiger charge is -2.23. The second kappa shape index (κ2) is 12.6. The Balaban J connectivity index is 1.69. The highest BCUT2D eigenvalue weighted by Gasteiger charge is 2.30. The number of halogens is 4. The summed E-state index contributed by atoms with van der Waals surface area (Å²) in [6, 6.07) is 10.4. The van der Waals surface area contributed by atoms with Crippen LogP contribution < -0.4 is 20.3 Å². The lowest BCUT2D eigenvalue weighted by atomic mass is 9.82. The molecule has 0 radical (unpaired) electrons. The van der Waals surface area contributed by atoms with Gasteiger partial charge >= 0.3 is 6.61 Å². The molecule has 2 aromatic heterocycles. The van der Waals surface area contributed by atoms with Crippen molar-refractivity contribution < 1.29 is 31.8 Å². The molecule has 228 valence electrons. The van der Waals surface area contributed by atoms with E-state index in [1.165, 1.54) is 32.5 Å². The van der Waals surface area contributed by atoms with Crippen LogP contribution in [-0.4, -0.2) is 34.0 Å². The third kappa shape index (κ3) is 5.75. The van der Waals surface area contributed by atoms with Gasteiger partial charge in [0.1, 0.15) is 46.1 Å². The number of nitrogens with zero attached hydrogens (tertiary/aromatic N) is 4. The van der Waals surface area contributed by atoms with Gasteiger partial charge in [-0.1, -0.05) is 19.3 Å². The van der Waals surface area contributed by atoms with Gasteiger partial charge in [-0.3, -0.25) is 14.3 Å². The van der Waals surface area contributed by atoms with Crippen molar-refractivity contribution in [2.45, 2.75) is 44.6 Å². The van der Waals surface area contributed by atoms with Gasteiger partial charge in [-0.15, -0.1) is 0 Å². The number of nitrogens with one attached hydrogen (secondary N) is 1. The summed E-state index contributed by atoms with van der Waals surface area (Å²) in [6.45, 7) is -3.07. The second-order valence-electron chi connectivity index (χ2n) is 10.2. The lowest BCUT2D eigenvalue weighted by Crippen LogP contribution is -2.25. The van der Waals surface area contributed by atoms with E-state index in [2.05, 4.69) is 21.1 Å². The number of aromatic nitrogens is 3. The average molecular weight is 610 g/mol. The standard InChI is InChI=1S/C31H27F4N5O4/c1-39-27(25-23(32)14-20(43-2)15-24(25)33)26(38-29(41)18-8-10-19(11-9-18)44-31(34)35)30(42)40(39)28-22(16-36)21(12-13-37-28)17-6-4-3-5-7-17/h8-15,17,31H,3-7H2,1-2H3,(H,38,41). The van der Waals surface area contributed by atoms with E-state index in [-0.39, 0.29) is 40.1 Å². The van der Waals surface area contributed by atoms with Crippen LogP contribution in [0.25, 0.3) is 17.1 Å². The van der Waals surface area contributed by atoms with Gasteiger partial charge < -0.3 is 14.8 Å². The van der Waals surface area contributed by atoms with Crippen LogP contribution in [0.3, 0.4) is 0 Å². The summed E-state index contributed by atoms with van der Waals surface area (Å²) in [5, 5.41) is 12.6. The summed E-state index contributed by atoms with van der Waals surface area (Å²) >= 11 is 0. The number of methoxy groups -OCH3 is 1. The van der Waals surface area contributed by atoms with Crippen LogP contribution in [0.5, 0.6) is 11.5 Å². The Morgan fingerprint density at radius 1 is 1.07 bits per heavy atom. The summed E-state index contributed by atoms with van der Waals surface area (Å²) in [4.78, 5) is 31.6. The summed E-state index contributed by atoms with van der Waals surface area (Å²) in [7, 11) is 2.58. The zero-order chi connectivity index (χ0) is 31.5. The maximum atomic E-state index is 15.4. The monoisotopic (exact) mass is 609 g/mol. The quantitative estimate of drug-likeness (QED) is 0.235. The molecule has 0 spiro atoms. The molecule has 1 fully saturated rings. The van der Waals surface area contributed by atoms with Crippen LogP contribution in [0.15, 0.2) is 53.5 Å². The van der Waals surface area contributed by atoms with E-state index < -0.39 is 41.0 Å². The van der Waals surface area contributed by atoms with Crippen LogP contribution in [0.2, 0.25) is 0 Å². The average Bonchev–Trinajstić information content (AvgIpc) is 3.24. The molecule has 1 aliphatic carbocycles. The number of pyridine rings is 1. The number of ether oxygens (including phenoxy) is 2. The van der Waals surface area contributed by atoms with Gasteiger partial charge in [0.25, 0.3) is 11.5 Å². The minimum Gasteiger partial charge on any atom is -0.497 e. The van der Waals surface area contributed by atoms with Crippen molar-refractivity contribution in [3.63, 3.8) is 0 Å². The van der Waals surface area contributed by atoms with Gasteiger partial charge in [-0.2, -0.15) is 18.7 Å². The van der Waals surface area contributed by atoms with Crippen LogP contribution in [-0.2, 0) is 7.05 Å². The van der Waals surface area contributed by atoms with Crippen LogP contribution in [0.1, 0.15) is 59.5 Å². The predicted octanol–water partition coefficient (Wildman–Crippen LogP) is 6.30. The van der Waals surface area contributed by atoms with Gasteiger partial charge in [0.15, 0.2) is 5.82 Å². The van der Waals surface area contributed by atoms with Gasteiger partial charge in [-0.25, -0.2) is 13.8 Å². The van der Waals surface area contributed by atoms with E-state index >= 15 is 8.78 Å². The molecule has 5 rings (SSSR count). The van der Waals surface area contributed by atoms with Crippen molar-refractivity contribution in [2.75, 3.05) is 12.4 Å². The fraction of sp³-hybridized carbons (Fsp3) is 0.290. The van der Waals surface area contributed by atoms with Crippen molar-refractivity contribution in [2.24, 2.45) is 7.05 Å². The Bertz CT molecular complexity index is 1780. The van der Waals surface area contributed by atoms with Crippen LogP contribution in [0.4, 0.5) is 23.2 Å². The van der Waals surface area contributed by atoms with E-state index in [0.29, 0.717) is 5.56 Å². The highest BCUT2D eigenvalue weighted by atomic mass is 19.3. The first-order valence-electron chi connectivity index (χ1n) is 13.8. The normalized spacial score (nSPS) is 13.5. The first-order chi connectivity index (χ1) is 21.1. The molecule has 2 heterocycles. The van der Waals surface area contributed by atoms with E-state index in [0.717, 1.165) is 65.7 Å². The summed E-state index contributed by atoms with van der Waals surface area (Å²) < 4.78 is 67.4. The predicted molar refractivity (Wildman–Crippen MR) is 152 cm³/mol. The molecule has 13 heteroatoms. The first kappa shape index (κ1) is 30.3. The number of nitriles is 1. The number of carbonyl (C=O) groups excluding carboxylic acids is 1. The maximum absolute atomic E-state index is 15.4. The number of carbonyl (C=O) groups is 1. The topological polar surface area (TPSA) is 111 Å². The van der Waals surface area contributed by atoms with E-state index in [1.54, 1.807) is 6.07 Å². The number of anilines is 1. The van der Waals surface area contributed by atoms with E-state index in [4.69, 9.17) is 4.74 Å². The molecule has 2 aromatic carbocycles. The van der Waals surface area contributed by atoms with Crippen molar-refractivity contribution in [3.8, 4) is 34.6 Å². The Morgan fingerprint density at radius 3 is 2.32 bits per heavy atom. The Kier molecular flexibility index (Phi) is 8.71. The molecule has 1 N–H and O–H groups in total. The maximum Gasteiger partial charge on any atom is 0.387 e. The number of benzene rings is 2. The largest absolute Gasteiger partial charge is 0.497 e. The highest BCUT2D eigenvalue weighted by molar-refractivity contribution is 6.06. The Labute approximate surface area is 249 Å². The molecule has 4 aromatic rings. The van der Waals surface area contributed by atoms with Crippen molar-refractivity contribution in [1.29, 1.82) is 5.26 Å². The first-order valence-corrected chi connectivity index (χ1v) is 13.8. The summed E-state index contributed by atoms with van der Waals surface area (Å²) in [5.41, 5.74) is -1.59. The highest BCUT2D eigenvalue weighted by Crippen LogP contribution is 2.37. The molecule has 0 aliphatic heterocycles. The zero-order valence-electron chi connectivity index (χ0n) is 23.7. The number of alkyl halides is 2. The number of amides is 1. The molecule has 1 aliphatic rings. The fourth-order valence-corrected chi connectivity index (χ4v) is 5.60. The van der Waals surface area contributed by atoms with Gasteiger partial charge in [0.05, 0.1) is 12.7 Å². The Morgan fingerprint density at radius 2 is 1.73 bits per heavy atom. The van der Waals surface area contributed by atoms with Gasteiger partial charge in [0.2, 0.25) is 0 Å². The van der Waals surface area contributed by atoms with Crippen LogP contribution >= 0.6 is 0 Å². The molecule has 1 amide bonds. The number of hydrogen-bond acceptors (Lipinski definition) is 6. The smallest absolute Gasteiger partial charge is 0.387 e. The van der Waals surface area contributed by atoms with E-state index in [9.17, 15) is 23.6 Å². The zero-order valence-corrected chi connectivity index (χ0v) is 23.7. The van der Waals surface area contributed by atoms with Crippen molar-refractivity contribution in [1.82, 2.24) is 14.3 Å². The third-order valence-corrected chi connectivity index (χ3v) is 7.66. The van der Waals surface area contributed by atoms with E-state index in [1.807, 2.05) is 0 Å². The van der Waals surface area contributed by atoms with Gasteiger partial charge in [-0.05, 0) is 54.7 Å². The summed E-state index contributed by atoms with van der Waals surface area (Å²) in [5.74, 6) is -3.33. The minimum atomic E-state index is -3.07. The Hall–Kier alpha value is -5.12. The van der Waals surface area contributed by atoms with Crippen molar-refractivity contribution in [3.05, 3.63) is 87.3 Å². The third-order valence-electron chi connectivity index (χ3n) is 7.66. The van der Waals surface area contributed by atoms with Crippen LogP contribution in [0, 0.1) is 23.0 Å². The number of hydrogen-bond donors (Lipinski definition) is 1. The molecule has 0 atom stereocenters.